The quantitative estimate of drug-likeness (QED) is 0.535. The lowest BCUT2D eigenvalue weighted by atomic mass is 10.1. The van der Waals surface area contributed by atoms with Gasteiger partial charge < -0.3 is 9.47 Å². The van der Waals surface area contributed by atoms with Crippen molar-refractivity contribution in [3.05, 3.63) is 54.1 Å². The van der Waals surface area contributed by atoms with Crippen LogP contribution in [0.15, 0.2) is 53.4 Å². The van der Waals surface area contributed by atoms with Gasteiger partial charge in [-0.2, -0.15) is 0 Å². The average Bonchev–Trinajstić information content (AvgIpc) is 2.59. The molecule has 0 saturated carbocycles. The standard InChI is InChI=1S/C19H23NO5S/c1-3-24-18-9-11-19(12-10-18)26(22,23)20-17-8-4-6-16(14-17)7-5-13-25-15(2)21/h4,6,8-12,14,20H,3,5,7,13H2,1-2H3. The highest BCUT2D eigenvalue weighted by molar-refractivity contribution is 7.92. The fourth-order valence-electron chi connectivity index (χ4n) is 2.38. The Labute approximate surface area is 154 Å². The summed E-state index contributed by atoms with van der Waals surface area (Å²) in [6.45, 7) is 4.10. The molecule has 0 amide bonds. The van der Waals surface area contributed by atoms with E-state index in [1.165, 1.54) is 19.1 Å². The second-order valence-electron chi connectivity index (χ2n) is 5.65. The number of benzene rings is 2. The largest absolute Gasteiger partial charge is 0.494 e. The lowest BCUT2D eigenvalue weighted by molar-refractivity contribution is -0.141. The monoisotopic (exact) mass is 377 g/mol. The van der Waals surface area contributed by atoms with Crippen LogP contribution in [0.4, 0.5) is 5.69 Å². The molecule has 0 aromatic heterocycles. The van der Waals surface area contributed by atoms with Gasteiger partial charge in [-0.3, -0.25) is 9.52 Å². The summed E-state index contributed by atoms with van der Waals surface area (Å²) in [4.78, 5) is 10.9. The van der Waals surface area contributed by atoms with Crippen molar-refractivity contribution in [2.75, 3.05) is 17.9 Å². The summed E-state index contributed by atoms with van der Waals surface area (Å²) in [5.74, 6) is 0.322. The highest BCUT2D eigenvalue weighted by Gasteiger charge is 2.14. The van der Waals surface area contributed by atoms with E-state index in [0.29, 0.717) is 37.5 Å². The molecular weight excluding hydrogens is 354 g/mol. The highest BCUT2D eigenvalue weighted by atomic mass is 32.2. The number of hydrogen-bond acceptors (Lipinski definition) is 5. The van der Waals surface area contributed by atoms with Gasteiger partial charge in [0.05, 0.1) is 18.1 Å². The molecule has 2 rings (SSSR count). The van der Waals surface area contributed by atoms with Crippen LogP contribution in [0.25, 0.3) is 0 Å². The van der Waals surface area contributed by atoms with Crippen LogP contribution in [0.3, 0.4) is 0 Å². The molecule has 2 aromatic carbocycles. The first-order chi connectivity index (χ1) is 12.4. The molecular formula is C19H23NO5S. The molecule has 0 atom stereocenters. The first kappa shape index (κ1) is 19.8. The Hall–Kier alpha value is -2.54. The normalized spacial score (nSPS) is 11.0. The zero-order valence-corrected chi connectivity index (χ0v) is 15.7. The summed E-state index contributed by atoms with van der Waals surface area (Å²) in [5.41, 5.74) is 1.45. The van der Waals surface area contributed by atoms with E-state index in [9.17, 15) is 13.2 Å². The van der Waals surface area contributed by atoms with Crippen LogP contribution in [-0.4, -0.2) is 27.6 Å². The molecule has 0 fully saturated rings. The first-order valence-electron chi connectivity index (χ1n) is 8.38. The van der Waals surface area contributed by atoms with Crippen LogP contribution >= 0.6 is 0 Å². The molecule has 0 unspecified atom stereocenters. The molecule has 0 aliphatic carbocycles. The van der Waals surface area contributed by atoms with Gasteiger partial charge in [-0.15, -0.1) is 0 Å². The van der Waals surface area contributed by atoms with Crippen LogP contribution in [0.5, 0.6) is 5.75 Å². The number of nitrogens with one attached hydrogen (secondary N) is 1. The highest BCUT2D eigenvalue weighted by Crippen LogP contribution is 2.20. The fraction of sp³-hybridized carbons (Fsp3) is 0.316. The number of aryl methyl sites for hydroxylation is 1. The van der Waals surface area contributed by atoms with Gasteiger partial charge in [0, 0.05) is 12.6 Å². The van der Waals surface area contributed by atoms with E-state index >= 15 is 0 Å². The molecule has 0 spiro atoms. The van der Waals surface area contributed by atoms with Crippen LogP contribution in [0.2, 0.25) is 0 Å². The van der Waals surface area contributed by atoms with E-state index in [2.05, 4.69) is 4.72 Å². The minimum absolute atomic E-state index is 0.168. The van der Waals surface area contributed by atoms with E-state index in [0.717, 1.165) is 5.56 Å². The molecule has 0 bridgehead atoms. The van der Waals surface area contributed by atoms with E-state index < -0.39 is 10.0 Å². The summed E-state index contributed by atoms with van der Waals surface area (Å²) < 4.78 is 37.8. The maximum atomic E-state index is 12.5. The molecule has 26 heavy (non-hydrogen) atoms. The number of rotatable bonds is 9. The first-order valence-corrected chi connectivity index (χ1v) is 9.87. The second-order valence-corrected chi connectivity index (χ2v) is 7.34. The third kappa shape index (κ3) is 6.07. The zero-order valence-electron chi connectivity index (χ0n) is 14.9. The molecule has 0 heterocycles. The number of sulfonamides is 1. The van der Waals surface area contributed by atoms with Gasteiger partial charge in [0.25, 0.3) is 10.0 Å². The Morgan fingerprint density at radius 2 is 1.85 bits per heavy atom. The van der Waals surface area contributed by atoms with Crippen molar-refractivity contribution in [3.8, 4) is 5.75 Å². The summed E-state index contributed by atoms with van der Waals surface area (Å²) in [7, 11) is -3.67. The molecule has 1 N–H and O–H groups in total. The molecule has 6 nitrogen and oxygen atoms in total. The molecule has 0 saturated heterocycles. The SMILES string of the molecule is CCOc1ccc(S(=O)(=O)Nc2cccc(CCCOC(C)=O)c2)cc1. The van der Waals surface area contributed by atoms with Crippen molar-refractivity contribution in [1.29, 1.82) is 0 Å². The number of hydrogen-bond donors (Lipinski definition) is 1. The molecule has 0 aliphatic heterocycles. The maximum Gasteiger partial charge on any atom is 0.302 e. The average molecular weight is 377 g/mol. The van der Waals surface area contributed by atoms with Gasteiger partial charge >= 0.3 is 5.97 Å². The Balaban J connectivity index is 2.02. The Morgan fingerprint density at radius 1 is 1.12 bits per heavy atom. The molecule has 140 valence electrons. The van der Waals surface area contributed by atoms with Gasteiger partial charge in [0.15, 0.2) is 0 Å². The van der Waals surface area contributed by atoms with Crippen LogP contribution in [-0.2, 0) is 26.0 Å². The van der Waals surface area contributed by atoms with Crippen molar-refractivity contribution in [2.45, 2.75) is 31.6 Å². The van der Waals surface area contributed by atoms with Gasteiger partial charge in [-0.25, -0.2) is 8.42 Å². The Bertz CT molecular complexity index is 831. The number of carbonyl (C=O) groups excluding carboxylic acids is 1. The smallest absolute Gasteiger partial charge is 0.302 e. The molecule has 0 aliphatic rings. The van der Waals surface area contributed by atoms with Crippen molar-refractivity contribution < 1.29 is 22.7 Å². The van der Waals surface area contributed by atoms with Gasteiger partial charge in [-0.05, 0) is 61.7 Å². The number of anilines is 1. The summed E-state index contributed by atoms with van der Waals surface area (Å²) in [5, 5.41) is 0. The molecule has 7 heteroatoms. The number of carbonyl (C=O) groups is 1. The lowest BCUT2D eigenvalue weighted by Crippen LogP contribution is -2.13. The topological polar surface area (TPSA) is 81.7 Å². The number of esters is 1. The van der Waals surface area contributed by atoms with E-state index in [4.69, 9.17) is 9.47 Å². The lowest BCUT2D eigenvalue weighted by Gasteiger charge is -2.10. The summed E-state index contributed by atoms with van der Waals surface area (Å²) >= 11 is 0. The minimum atomic E-state index is -3.67. The summed E-state index contributed by atoms with van der Waals surface area (Å²) in [6, 6.07) is 13.4. The van der Waals surface area contributed by atoms with Gasteiger partial charge in [0.2, 0.25) is 0 Å². The van der Waals surface area contributed by atoms with E-state index in [1.807, 2.05) is 13.0 Å². The Kier molecular flexibility index (Phi) is 7.03. The maximum absolute atomic E-state index is 12.5. The predicted molar refractivity (Wildman–Crippen MR) is 99.8 cm³/mol. The number of ether oxygens (including phenoxy) is 2. The minimum Gasteiger partial charge on any atom is -0.494 e. The van der Waals surface area contributed by atoms with Gasteiger partial charge in [-0.1, -0.05) is 12.1 Å². The van der Waals surface area contributed by atoms with E-state index in [-0.39, 0.29) is 10.9 Å². The van der Waals surface area contributed by atoms with E-state index in [1.54, 1.807) is 30.3 Å². The van der Waals surface area contributed by atoms with Crippen LogP contribution < -0.4 is 9.46 Å². The third-order valence-corrected chi connectivity index (χ3v) is 4.94. The van der Waals surface area contributed by atoms with Crippen LogP contribution in [0.1, 0.15) is 25.8 Å². The Morgan fingerprint density at radius 3 is 2.50 bits per heavy atom. The second kappa shape index (κ2) is 9.24. The predicted octanol–water partition coefficient (Wildman–Crippen LogP) is 3.38. The molecule has 0 radical (unpaired) electrons. The summed E-state index contributed by atoms with van der Waals surface area (Å²) in [6.07, 6.45) is 1.36. The molecule has 2 aromatic rings. The van der Waals surface area contributed by atoms with Crippen molar-refractivity contribution in [1.82, 2.24) is 0 Å². The van der Waals surface area contributed by atoms with Gasteiger partial charge in [0.1, 0.15) is 5.75 Å². The van der Waals surface area contributed by atoms with Crippen molar-refractivity contribution in [2.24, 2.45) is 0 Å². The van der Waals surface area contributed by atoms with Crippen LogP contribution in [0, 0.1) is 0 Å². The fourth-order valence-corrected chi connectivity index (χ4v) is 3.43. The third-order valence-electron chi connectivity index (χ3n) is 3.54. The van der Waals surface area contributed by atoms with Crippen molar-refractivity contribution in [3.63, 3.8) is 0 Å². The zero-order chi connectivity index (χ0) is 19.0. The van der Waals surface area contributed by atoms with Crippen molar-refractivity contribution >= 4 is 21.7 Å².